The minimum atomic E-state index is -0.836. The first-order valence-electron chi connectivity index (χ1n) is 8.78. The summed E-state index contributed by atoms with van der Waals surface area (Å²) in [6.07, 6.45) is 1.17. The van der Waals surface area contributed by atoms with E-state index in [-0.39, 0.29) is 16.2 Å². The maximum Gasteiger partial charge on any atom is 0.330 e. The maximum atomic E-state index is 13.2. The molecule has 3 aromatic rings. The Morgan fingerprint density at radius 1 is 1.07 bits per heavy atom. The van der Waals surface area contributed by atoms with Gasteiger partial charge < -0.3 is 9.84 Å². The number of carbonyl (C=O) groups excluding carboxylic acids is 1. The molecule has 3 rings (SSSR count). The summed E-state index contributed by atoms with van der Waals surface area (Å²) < 4.78 is 7.44. The topological polar surface area (TPSA) is 85.8 Å². The summed E-state index contributed by atoms with van der Waals surface area (Å²) in [7, 11) is 1.25. The van der Waals surface area contributed by atoms with Gasteiger partial charge in [-0.2, -0.15) is 0 Å². The van der Waals surface area contributed by atoms with E-state index in [0.717, 1.165) is 0 Å². The van der Waals surface area contributed by atoms with Gasteiger partial charge in [0.1, 0.15) is 11.6 Å². The van der Waals surface area contributed by atoms with Crippen molar-refractivity contribution in [3.8, 4) is 17.3 Å². The van der Waals surface area contributed by atoms with Crippen LogP contribution in [0.5, 0.6) is 5.88 Å². The van der Waals surface area contributed by atoms with Crippen molar-refractivity contribution in [1.29, 1.82) is 0 Å². The fourth-order valence-electron chi connectivity index (χ4n) is 2.76. The van der Waals surface area contributed by atoms with Gasteiger partial charge in [0.2, 0.25) is 5.88 Å². The number of ether oxygens (including phenoxy) is 1. The van der Waals surface area contributed by atoms with Crippen LogP contribution in [0.2, 0.25) is 0 Å². The predicted molar refractivity (Wildman–Crippen MR) is 113 cm³/mol. The smallest absolute Gasteiger partial charge is 0.330 e. The molecule has 0 aliphatic carbocycles. The van der Waals surface area contributed by atoms with Crippen LogP contribution in [0, 0.1) is 4.77 Å². The third kappa shape index (κ3) is 4.02. The van der Waals surface area contributed by atoms with Gasteiger partial charge in [-0.3, -0.25) is 18.9 Å². The van der Waals surface area contributed by atoms with E-state index in [2.05, 4.69) is 9.73 Å². The monoisotopic (exact) mass is 409 g/mol. The van der Waals surface area contributed by atoms with E-state index >= 15 is 0 Å². The largest absolute Gasteiger partial charge is 0.494 e. The van der Waals surface area contributed by atoms with E-state index in [0.29, 0.717) is 11.4 Å². The number of nitrogens with zero attached hydrogens (tertiary/aromatic N) is 3. The number of aliphatic imine (C=N–C) groups is 1. The van der Waals surface area contributed by atoms with E-state index in [9.17, 15) is 14.7 Å². The number of hydrogen-bond donors (Lipinski definition) is 1. The number of aromatic nitrogens is 2. The molecule has 1 unspecified atom stereocenters. The van der Waals surface area contributed by atoms with Crippen LogP contribution < -0.4 is 5.56 Å². The van der Waals surface area contributed by atoms with Gasteiger partial charge in [-0.05, 0) is 43.4 Å². The van der Waals surface area contributed by atoms with Gasteiger partial charge in [-0.15, -0.1) is 0 Å². The standard InChI is InChI=1S/C21H19N3O4S/c1-14(20(27)28-2)22-13-17-18(25)23(15-9-5-3-6-10-15)21(29)24(19(17)26)16-11-7-4-8-12-16/h3-14,25H,1-2H3. The molecule has 0 fully saturated rings. The Kier molecular flexibility index (Phi) is 6.04. The predicted octanol–water partition coefficient (Wildman–Crippen LogP) is 3.04. The molecule has 8 heteroatoms. The van der Waals surface area contributed by atoms with Gasteiger partial charge in [-0.1, -0.05) is 36.4 Å². The normalized spacial score (nSPS) is 12.1. The van der Waals surface area contributed by atoms with Gasteiger partial charge >= 0.3 is 5.97 Å². The average Bonchev–Trinajstić information content (AvgIpc) is 2.74. The molecule has 29 heavy (non-hydrogen) atoms. The van der Waals surface area contributed by atoms with Crippen LogP contribution in [0.15, 0.2) is 70.5 Å². The highest BCUT2D eigenvalue weighted by atomic mass is 32.1. The summed E-state index contributed by atoms with van der Waals surface area (Å²) >= 11 is 5.53. The number of benzene rings is 2. The summed E-state index contributed by atoms with van der Waals surface area (Å²) in [6.45, 7) is 1.53. The summed E-state index contributed by atoms with van der Waals surface area (Å²) in [6, 6.07) is 17.0. The zero-order valence-corrected chi connectivity index (χ0v) is 16.7. The van der Waals surface area contributed by atoms with Crippen molar-refractivity contribution in [3.63, 3.8) is 0 Å². The Morgan fingerprint density at radius 3 is 2.10 bits per heavy atom. The molecule has 7 nitrogen and oxygen atoms in total. The molecule has 1 aromatic heterocycles. The van der Waals surface area contributed by atoms with Gasteiger partial charge in [0.15, 0.2) is 4.77 Å². The van der Waals surface area contributed by atoms with Gasteiger partial charge in [-0.25, -0.2) is 4.79 Å². The highest BCUT2D eigenvalue weighted by Crippen LogP contribution is 2.21. The minimum Gasteiger partial charge on any atom is -0.494 e. The van der Waals surface area contributed by atoms with Crippen LogP contribution in [-0.2, 0) is 9.53 Å². The van der Waals surface area contributed by atoms with Crippen molar-refractivity contribution in [2.24, 2.45) is 4.99 Å². The number of carbonyl (C=O) groups is 1. The molecule has 0 aliphatic rings. The van der Waals surface area contributed by atoms with Crippen LogP contribution in [0.25, 0.3) is 11.4 Å². The Labute approximate surface area is 172 Å². The van der Waals surface area contributed by atoms with Crippen molar-refractivity contribution in [2.45, 2.75) is 13.0 Å². The fourth-order valence-corrected chi connectivity index (χ4v) is 3.14. The second-order valence-electron chi connectivity index (χ2n) is 6.14. The molecule has 1 N–H and O–H groups in total. The zero-order chi connectivity index (χ0) is 21.0. The quantitative estimate of drug-likeness (QED) is 0.398. The van der Waals surface area contributed by atoms with Crippen molar-refractivity contribution in [3.05, 3.63) is 81.4 Å². The van der Waals surface area contributed by atoms with Gasteiger partial charge in [0.25, 0.3) is 5.56 Å². The molecule has 148 valence electrons. The number of esters is 1. The SMILES string of the molecule is COC(=O)C(C)N=Cc1c(O)n(-c2ccccc2)c(=S)n(-c2ccccc2)c1=O. The second kappa shape index (κ2) is 8.66. The maximum absolute atomic E-state index is 13.2. The van der Waals surface area contributed by atoms with E-state index < -0.39 is 17.6 Å². The fraction of sp³-hybridized carbons (Fsp3) is 0.143. The molecule has 1 heterocycles. The Balaban J connectivity index is 2.31. The highest BCUT2D eigenvalue weighted by Gasteiger charge is 2.19. The lowest BCUT2D eigenvalue weighted by atomic mass is 10.2. The van der Waals surface area contributed by atoms with Crippen molar-refractivity contribution >= 4 is 24.4 Å². The first-order chi connectivity index (χ1) is 14.0. The lowest BCUT2D eigenvalue weighted by molar-refractivity contribution is -0.141. The summed E-state index contributed by atoms with van der Waals surface area (Å²) in [5.74, 6) is -0.917. The average molecular weight is 409 g/mol. The molecular weight excluding hydrogens is 390 g/mol. The third-order valence-corrected chi connectivity index (χ3v) is 4.63. The van der Waals surface area contributed by atoms with Crippen LogP contribution in [0.3, 0.4) is 0 Å². The first-order valence-corrected chi connectivity index (χ1v) is 9.19. The summed E-state index contributed by atoms with van der Waals surface area (Å²) in [5.41, 5.74) is 0.479. The third-order valence-electron chi connectivity index (χ3n) is 4.27. The second-order valence-corrected chi connectivity index (χ2v) is 6.51. The lowest BCUT2D eigenvalue weighted by Gasteiger charge is -2.16. The number of methoxy groups -OCH3 is 1. The van der Waals surface area contributed by atoms with Gasteiger partial charge in [0, 0.05) is 6.21 Å². The number of para-hydroxylation sites is 2. The van der Waals surface area contributed by atoms with E-state index in [4.69, 9.17) is 12.2 Å². The summed E-state index contributed by atoms with van der Waals surface area (Å²) in [4.78, 5) is 28.9. The molecule has 2 aromatic carbocycles. The molecule has 0 saturated heterocycles. The lowest BCUT2D eigenvalue weighted by Crippen LogP contribution is -2.27. The minimum absolute atomic E-state index is 0.0953. The zero-order valence-electron chi connectivity index (χ0n) is 15.9. The summed E-state index contributed by atoms with van der Waals surface area (Å²) in [5, 5.41) is 10.9. The number of hydrogen-bond acceptors (Lipinski definition) is 6. The Hall–Kier alpha value is -3.52. The Bertz CT molecular complexity index is 1170. The molecule has 0 saturated carbocycles. The molecular formula is C21H19N3O4S. The van der Waals surface area contributed by atoms with E-state index in [1.165, 1.54) is 29.4 Å². The molecule has 1 atom stereocenters. The van der Waals surface area contributed by atoms with Crippen LogP contribution in [0.1, 0.15) is 12.5 Å². The van der Waals surface area contributed by atoms with Crippen molar-refractivity contribution < 1.29 is 14.6 Å². The van der Waals surface area contributed by atoms with Gasteiger partial charge in [0.05, 0.1) is 18.5 Å². The molecule has 0 spiro atoms. The van der Waals surface area contributed by atoms with Crippen molar-refractivity contribution in [2.75, 3.05) is 7.11 Å². The first kappa shape index (κ1) is 20.2. The van der Waals surface area contributed by atoms with E-state index in [1.54, 1.807) is 48.5 Å². The van der Waals surface area contributed by atoms with Crippen LogP contribution in [0.4, 0.5) is 0 Å². The van der Waals surface area contributed by atoms with Crippen LogP contribution in [-0.4, -0.2) is 39.6 Å². The Morgan fingerprint density at radius 2 is 1.59 bits per heavy atom. The molecule has 0 amide bonds. The van der Waals surface area contributed by atoms with E-state index in [1.807, 2.05) is 12.1 Å². The highest BCUT2D eigenvalue weighted by molar-refractivity contribution is 7.71. The molecule has 0 bridgehead atoms. The number of aromatic hydroxyl groups is 1. The molecule has 0 aliphatic heterocycles. The molecule has 0 radical (unpaired) electrons. The number of rotatable bonds is 5. The van der Waals surface area contributed by atoms with Crippen LogP contribution >= 0.6 is 12.2 Å². The van der Waals surface area contributed by atoms with Crippen molar-refractivity contribution in [1.82, 2.24) is 9.13 Å².